The van der Waals surface area contributed by atoms with Crippen LogP contribution in [-0.4, -0.2) is 29.4 Å². The Bertz CT molecular complexity index is 409. The van der Waals surface area contributed by atoms with Gasteiger partial charge in [-0.15, -0.1) is 11.3 Å². The van der Waals surface area contributed by atoms with E-state index in [0.717, 1.165) is 28.5 Å². The first kappa shape index (κ1) is 10.6. The molecule has 0 saturated heterocycles. The quantitative estimate of drug-likeness (QED) is 0.676. The number of rotatable bonds is 0. The summed E-state index contributed by atoms with van der Waals surface area (Å²) in [5.74, 6) is 0.126. The van der Waals surface area contributed by atoms with Crippen LogP contribution in [0.5, 0.6) is 0 Å². The molecule has 1 amide bonds. The van der Waals surface area contributed by atoms with Gasteiger partial charge in [0, 0.05) is 13.6 Å². The molecule has 1 aliphatic rings. The third-order valence-corrected chi connectivity index (χ3v) is 3.66. The number of carbonyl (C=O) groups is 1. The van der Waals surface area contributed by atoms with Crippen LogP contribution in [0, 0.1) is 12.3 Å². The highest BCUT2D eigenvalue weighted by molar-refractivity contribution is 7.13. The van der Waals surface area contributed by atoms with Crippen LogP contribution < -0.4 is 0 Å². The van der Waals surface area contributed by atoms with Crippen molar-refractivity contribution in [3.05, 3.63) is 15.6 Å². The lowest BCUT2D eigenvalue weighted by molar-refractivity contribution is 0.0758. The van der Waals surface area contributed by atoms with Crippen molar-refractivity contribution in [2.75, 3.05) is 13.6 Å². The van der Waals surface area contributed by atoms with Crippen molar-refractivity contribution in [1.82, 2.24) is 9.88 Å². The van der Waals surface area contributed by atoms with Crippen molar-refractivity contribution in [2.45, 2.75) is 27.2 Å². The SMILES string of the molecule is Cc1nc2c(s1)C(=O)N(C)CC(C)(C)C2. The fraction of sp³-hybridized carbons (Fsp3) is 0.636. The van der Waals surface area contributed by atoms with Crippen LogP contribution in [0.4, 0.5) is 0 Å². The number of amides is 1. The van der Waals surface area contributed by atoms with E-state index in [2.05, 4.69) is 18.8 Å². The summed E-state index contributed by atoms with van der Waals surface area (Å²) < 4.78 is 0. The molecule has 0 saturated carbocycles. The number of hydrogen-bond donors (Lipinski definition) is 0. The molecule has 2 heterocycles. The first-order valence-corrected chi connectivity index (χ1v) is 5.92. The van der Waals surface area contributed by atoms with Gasteiger partial charge < -0.3 is 4.90 Å². The largest absolute Gasteiger partial charge is 0.340 e. The van der Waals surface area contributed by atoms with E-state index in [1.165, 1.54) is 11.3 Å². The second-order valence-electron chi connectivity index (χ2n) is 5.01. The van der Waals surface area contributed by atoms with Crippen molar-refractivity contribution in [2.24, 2.45) is 5.41 Å². The summed E-state index contributed by atoms with van der Waals surface area (Å²) in [6, 6.07) is 0. The summed E-state index contributed by atoms with van der Waals surface area (Å²) in [5, 5.41) is 0.986. The minimum atomic E-state index is 0.121. The van der Waals surface area contributed by atoms with Gasteiger partial charge in [0.15, 0.2) is 0 Å². The maximum absolute atomic E-state index is 12.0. The summed E-state index contributed by atoms with van der Waals surface area (Å²) in [7, 11) is 1.87. The first-order chi connectivity index (χ1) is 6.89. The standard InChI is InChI=1S/C11H16N2OS/c1-7-12-8-5-11(2,3)6-13(4)10(14)9(8)15-7/h5-6H2,1-4H3. The molecule has 1 aliphatic heterocycles. The fourth-order valence-electron chi connectivity index (χ4n) is 2.15. The molecular formula is C11H16N2OS. The number of thiazole rings is 1. The van der Waals surface area contributed by atoms with E-state index in [-0.39, 0.29) is 11.3 Å². The maximum atomic E-state index is 12.0. The molecule has 2 rings (SSSR count). The topological polar surface area (TPSA) is 33.2 Å². The molecule has 0 aliphatic carbocycles. The molecule has 0 unspecified atom stereocenters. The highest BCUT2D eigenvalue weighted by Crippen LogP contribution is 2.31. The Morgan fingerprint density at radius 2 is 2.13 bits per heavy atom. The number of fused-ring (bicyclic) bond motifs is 1. The lowest BCUT2D eigenvalue weighted by Gasteiger charge is -2.26. The molecule has 3 nitrogen and oxygen atoms in total. The molecule has 1 aromatic rings. The lowest BCUT2D eigenvalue weighted by Crippen LogP contribution is -2.33. The van der Waals surface area contributed by atoms with E-state index in [4.69, 9.17) is 0 Å². The minimum absolute atomic E-state index is 0.121. The van der Waals surface area contributed by atoms with Crippen molar-refractivity contribution < 1.29 is 4.79 Å². The Hall–Kier alpha value is -0.900. The second-order valence-corrected chi connectivity index (χ2v) is 6.21. The minimum Gasteiger partial charge on any atom is -0.340 e. The van der Waals surface area contributed by atoms with E-state index in [1.54, 1.807) is 0 Å². The van der Waals surface area contributed by atoms with Gasteiger partial charge in [0.05, 0.1) is 10.7 Å². The summed E-state index contributed by atoms with van der Waals surface area (Å²) in [4.78, 5) is 19.1. The summed E-state index contributed by atoms with van der Waals surface area (Å²) >= 11 is 1.51. The molecule has 4 heteroatoms. The highest BCUT2D eigenvalue weighted by atomic mass is 32.1. The first-order valence-electron chi connectivity index (χ1n) is 5.11. The molecule has 15 heavy (non-hydrogen) atoms. The van der Waals surface area contributed by atoms with Gasteiger partial charge in [-0.3, -0.25) is 4.79 Å². The smallest absolute Gasteiger partial charge is 0.265 e. The molecule has 0 bridgehead atoms. The Morgan fingerprint density at radius 1 is 1.47 bits per heavy atom. The third-order valence-electron chi connectivity index (χ3n) is 2.66. The van der Waals surface area contributed by atoms with Gasteiger partial charge in [-0.1, -0.05) is 13.8 Å². The number of hydrogen-bond acceptors (Lipinski definition) is 3. The number of aryl methyl sites for hydroxylation is 1. The zero-order valence-corrected chi connectivity index (χ0v) is 10.4. The summed E-state index contributed by atoms with van der Waals surface area (Å²) in [6.45, 7) is 7.12. The van der Waals surface area contributed by atoms with Crippen LogP contribution in [0.15, 0.2) is 0 Å². The zero-order chi connectivity index (χ0) is 11.2. The van der Waals surface area contributed by atoms with Gasteiger partial charge in [0.2, 0.25) is 0 Å². The Morgan fingerprint density at radius 3 is 2.80 bits per heavy atom. The number of aromatic nitrogens is 1. The molecule has 0 spiro atoms. The molecule has 0 radical (unpaired) electrons. The zero-order valence-electron chi connectivity index (χ0n) is 9.63. The Balaban J connectivity index is 2.49. The molecule has 82 valence electrons. The number of carbonyl (C=O) groups excluding carboxylic acids is 1. The van der Waals surface area contributed by atoms with Gasteiger partial charge in [-0.25, -0.2) is 4.98 Å². The van der Waals surface area contributed by atoms with E-state index < -0.39 is 0 Å². The van der Waals surface area contributed by atoms with Crippen LogP contribution in [0.1, 0.15) is 34.2 Å². The van der Waals surface area contributed by atoms with Crippen molar-refractivity contribution in [1.29, 1.82) is 0 Å². The average Bonchev–Trinajstić information content (AvgIpc) is 2.39. The molecular weight excluding hydrogens is 208 g/mol. The van der Waals surface area contributed by atoms with Crippen molar-refractivity contribution >= 4 is 17.2 Å². The highest BCUT2D eigenvalue weighted by Gasteiger charge is 2.32. The number of nitrogens with zero attached hydrogens (tertiary/aromatic N) is 2. The normalized spacial score (nSPS) is 20.0. The summed E-state index contributed by atoms with van der Waals surface area (Å²) in [5.41, 5.74) is 1.10. The Labute approximate surface area is 94.1 Å². The maximum Gasteiger partial charge on any atom is 0.265 e. The van der Waals surface area contributed by atoms with Gasteiger partial charge in [-0.05, 0) is 18.8 Å². The van der Waals surface area contributed by atoms with E-state index in [0.29, 0.717) is 0 Å². The van der Waals surface area contributed by atoms with Crippen molar-refractivity contribution in [3.8, 4) is 0 Å². The molecule has 1 aromatic heterocycles. The molecule has 0 N–H and O–H groups in total. The summed E-state index contributed by atoms with van der Waals surface area (Å²) in [6.07, 6.45) is 0.892. The predicted molar refractivity (Wildman–Crippen MR) is 61.3 cm³/mol. The van der Waals surface area contributed by atoms with E-state index in [1.807, 2.05) is 18.9 Å². The lowest BCUT2D eigenvalue weighted by atomic mass is 9.88. The van der Waals surface area contributed by atoms with Gasteiger partial charge in [0.1, 0.15) is 4.88 Å². The van der Waals surface area contributed by atoms with Gasteiger partial charge >= 0.3 is 0 Å². The van der Waals surface area contributed by atoms with Gasteiger partial charge in [-0.2, -0.15) is 0 Å². The predicted octanol–water partition coefficient (Wildman–Crippen LogP) is 2.11. The molecule has 0 atom stereocenters. The average molecular weight is 224 g/mol. The fourth-order valence-corrected chi connectivity index (χ4v) is 3.08. The van der Waals surface area contributed by atoms with Crippen LogP contribution in [-0.2, 0) is 6.42 Å². The Kier molecular flexibility index (Phi) is 2.34. The van der Waals surface area contributed by atoms with Crippen molar-refractivity contribution in [3.63, 3.8) is 0 Å². The van der Waals surface area contributed by atoms with Crippen LogP contribution >= 0.6 is 11.3 Å². The van der Waals surface area contributed by atoms with Crippen LogP contribution in [0.25, 0.3) is 0 Å². The van der Waals surface area contributed by atoms with Crippen LogP contribution in [0.3, 0.4) is 0 Å². The van der Waals surface area contributed by atoms with E-state index in [9.17, 15) is 4.79 Å². The van der Waals surface area contributed by atoms with E-state index >= 15 is 0 Å². The van der Waals surface area contributed by atoms with Crippen LogP contribution in [0.2, 0.25) is 0 Å². The third kappa shape index (κ3) is 1.91. The molecule has 0 fully saturated rings. The second kappa shape index (κ2) is 3.30. The monoisotopic (exact) mass is 224 g/mol. The van der Waals surface area contributed by atoms with Gasteiger partial charge in [0.25, 0.3) is 5.91 Å². The molecule has 0 aromatic carbocycles.